The number of rotatable bonds is 1. The Morgan fingerprint density at radius 2 is 1.76 bits per heavy atom. The molecular weight excluding hydrogens is 312 g/mol. The highest BCUT2D eigenvalue weighted by Crippen LogP contribution is 2.25. The van der Waals surface area contributed by atoms with E-state index in [-0.39, 0.29) is 5.56 Å². The molecule has 0 unspecified atom stereocenters. The van der Waals surface area contributed by atoms with Crippen molar-refractivity contribution in [3.63, 3.8) is 0 Å². The van der Waals surface area contributed by atoms with Crippen LogP contribution in [0.25, 0.3) is 33.5 Å². The number of aryl methyl sites for hydroxylation is 1. The zero-order valence-corrected chi connectivity index (χ0v) is 13.5. The lowest BCUT2D eigenvalue weighted by Crippen LogP contribution is -2.12. The Morgan fingerprint density at radius 1 is 0.920 bits per heavy atom. The van der Waals surface area contributed by atoms with E-state index in [0.717, 1.165) is 27.9 Å². The van der Waals surface area contributed by atoms with Crippen LogP contribution in [0.3, 0.4) is 0 Å². The maximum atomic E-state index is 12.6. The number of para-hydroxylation sites is 1. The van der Waals surface area contributed by atoms with Crippen LogP contribution in [-0.2, 0) is 0 Å². The fourth-order valence-corrected chi connectivity index (χ4v) is 3.35. The zero-order chi connectivity index (χ0) is 17.0. The summed E-state index contributed by atoms with van der Waals surface area (Å²) in [5, 5.41) is 0.598. The smallest absolute Gasteiger partial charge is 0.276 e. The van der Waals surface area contributed by atoms with Crippen LogP contribution in [0, 0.1) is 6.92 Å². The lowest BCUT2D eigenvalue weighted by Gasteiger charge is -2.06. The van der Waals surface area contributed by atoms with Gasteiger partial charge in [-0.25, -0.2) is 4.98 Å². The van der Waals surface area contributed by atoms with Crippen LogP contribution in [0.1, 0.15) is 5.56 Å². The van der Waals surface area contributed by atoms with Crippen LogP contribution in [0.5, 0.6) is 0 Å². The van der Waals surface area contributed by atoms with Gasteiger partial charge in [0.1, 0.15) is 0 Å². The molecule has 0 atom stereocenters. The fraction of sp³-hybridized carbons (Fsp3) is 0.0500. The van der Waals surface area contributed by atoms with Crippen molar-refractivity contribution in [1.29, 1.82) is 0 Å². The van der Waals surface area contributed by atoms with E-state index in [2.05, 4.69) is 9.97 Å². The molecule has 3 heterocycles. The first-order valence-electron chi connectivity index (χ1n) is 8.08. The third-order valence-corrected chi connectivity index (χ3v) is 4.46. The summed E-state index contributed by atoms with van der Waals surface area (Å²) in [6.07, 6.45) is 1.76. The largest absolute Gasteiger partial charge is 0.282 e. The van der Waals surface area contributed by atoms with E-state index >= 15 is 0 Å². The standard InChI is InChI=1S/C20H14N4O/c1-13-9-10-15-17(12-13)24-18-16(8-5-11-21-18)23(20(24)22-19(15)25)14-6-3-2-4-7-14/h2-12H,1H3. The molecule has 2 aromatic carbocycles. The molecule has 0 aliphatic heterocycles. The molecule has 5 nitrogen and oxygen atoms in total. The predicted octanol–water partition coefficient (Wildman–Crippen LogP) is 3.50. The molecule has 5 rings (SSSR count). The minimum Gasteiger partial charge on any atom is -0.276 e. The van der Waals surface area contributed by atoms with Gasteiger partial charge in [-0.1, -0.05) is 24.3 Å². The van der Waals surface area contributed by atoms with E-state index in [9.17, 15) is 4.79 Å². The second kappa shape index (κ2) is 5.01. The first kappa shape index (κ1) is 13.9. The van der Waals surface area contributed by atoms with Gasteiger partial charge in [0.2, 0.25) is 5.78 Å². The second-order valence-electron chi connectivity index (χ2n) is 6.09. The van der Waals surface area contributed by atoms with Crippen molar-refractivity contribution in [3.8, 4) is 5.69 Å². The van der Waals surface area contributed by atoms with Crippen molar-refractivity contribution in [2.75, 3.05) is 0 Å². The van der Waals surface area contributed by atoms with Gasteiger partial charge < -0.3 is 0 Å². The number of aromatic nitrogens is 4. The van der Waals surface area contributed by atoms with Gasteiger partial charge >= 0.3 is 0 Å². The summed E-state index contributed by atoms with van der Waals surface area (Å²) in [4.78, 5) is 21.5. The number of hydrogen-bond donors (Lipinski definition) is 0. The highest BCUT2D eigenvalue weighted by Gasteiger charge is 2.17. The Hall–Kier alpha value is -3.47. The number of imidazole rings is 1. The summed E-state index contributed by atoms with van der Waals surface area (Å²) in [5.74, 6) is 0.572. The van der Waals surface area contributed by atoms with Crippen molar-refractivity contribution in [2.45, 2.75) is 6.92 Å². The number of nitrogens with zero attached hydrogens (tertiary/aromatic N) is 4. The molecular formula is C20H14N4O. The van der Waals surface area contributed by atoms with Gasteiger partial charge in [-0.15, -0.1) is 0 Å². The highest BCUT2D eigenvalue weighted by molar-refractivity contribution is 5.89. The van der Waals surface area contributed by atoms with Crippen LogP contribution in [0.4, 0.5) is 0 Å². The summed E-state index contributed by atoms with van der Waals surface area (Å²) in [5.41, 5.74) is 4.33. The number of fused-ring (bicyclic) bond motifs is 5. The predicted molar refractivity (Wildman–Crippen MR) is 98.3 cm³/mol. The van der Waals surface area contributed by atoms with E-state index in [1.807, 2.05) is 76.6 Å². The van der Waals surface area contributed by atoms with Crippen molar-refractivity contribution in [1.82, 2.24) is 18.9 Å². The highest BCUT2D eigenvalue weighted by atomic mass is 16.1. The summed E-state index contributed by atoms with van der Waals surface area (Å²) < 4.78 is 3.94. The third kappa shape index (κ3) is 1.92. The SMILES string of the molecule is Cc1ccc2c(=O)nc3n(-c4ccccc4)c4cccnc4n3c2c1. The molecule has 0 aliphatic carbocycles. The summed E-state index contributed by atoms with van der Waals surface area (Å²) in [6, 6.07) is 19.6. The van der Waals surface area contributed by atoms with E-state index in [1.54, 1.807) is 6.20 Å². The topological polar surface area (TPSA) is 52.2 Å². The first-order valence-corrected chi connectivity index (χ1v) is 8.08. The van der Waals surface area contributed by atoms with Crippen LogP contribution in [0.15, 0.2) is 71.7 Å². The van der Waals surface area contributed by atoms with E-state index in [0.29, 0.717) is 11.2 Å². The normalized spacial score (nSPS) is 11.6. The number of hydrogen-bond acceptors (Lipinski definition) is 3. The van der Waals surface area contributed by atoms with E-state index < -0.39 is 0 Å². The molecule has 0 N–H and O–H groups in total. The van der Waals surface area contributed by atoms with Gasteiger partial charge in [-0.05, 0) is 48.9 Å². The van der Waals surface area contributed by atoms with Crippen molar-refractivity contribution < 1.29 is 0 Å². The lowest BCUT2D eigenvalue weighted by atomic mass is 10.2. The average Bonchev–Trinajstić information content (AvgIpc) is 2.96. The molecule has 3 aromatic heterocycles. The molecule has 5 aromatic rings. The van der Waals surface area contributed by atoms with Crippen molar-refractivity contribution in [2.24, 2.45) is 0 Å². The maximum absolute atomic E-state index is 12.6. The quantitative estimate of drug-likeness (QED) is 0.474. The Labute approximate surface area is 142 Å². The fourth-order valence-electron chi connectivity index (χ4n) is 3.35. The molecule has 25 heavy (non-hydrogen) atoms. The van der Waals surface area contributed by atoms with Crippen molar-refractivity contribution >= 4 is 27.8 Å². The van der Waals surface area contributed by atoms with Crippen LogP contribution < -0.4 is 5.56 Å². The van der Waals surface area contributed by atoms with Crippen molar-refractivity contribution in [3.05, 3.63) is 82.8 Å². The molecule has 0 radical (unpaired) electrons. The minimum absolute atomic E-state index is 0.227. The summed E-state index contributed by atoms with van der Waals surface area (Å²) >= 11 is 0. The Bertz CT molecular complexity index is 1320. The first-order chi connectivity index (χ1) is 12.2. The number of benzene rings is 2. The number of pyridine rings is 1. The average molecular weight is 326 g/mol. The summed E-state index contributed by atoms with van der Waals surface area (Å²) in [7, 11) is 0. The molecule has 0 spiro atoms. The monoisotopic (exact) mass is 326 g/mol. The molecule has 0 fully saturated rings. The van der Waals surface area contributed by atoms with Crippen LogP contribution in [-0.4, -0.2) is 18.9 Å². The van der Waals surface area contributed by atoms with Crippen LogP contribution in [0.2, 0.25) is 0 Å². The molecule has 120 valence electrons. The Balaban J connectivity index is 2.11. The Morgan fingerprint density at radius 3 is 2.60 bits per heavy atom. The summed E-state index contributed by atoms with van der Waals surface area (Å²) in [6.45, 7) is 2.01. The van der Waals surface area contributed by atoms with E-state index in [4.69, 9.17) is 0 Å². The molecule has 0 saturated carbocycles. The molecule has 5 heteroatoms. The minimum atomic E-state index is -0.227. The Kier molecular flexibility index (Phi) is 2.79. The van der Waals surface area contributed by atoms with Gasteiger partial charge in [-0.2, -0.15) is 4.98 Å². The van der Waals surface area contributed by atoms with E-state index in [1.165, 1.54) is 0 Å². The molecule has 0 amide bonds. The molecule has 0 bridgehead atoms. The zero-order valence-electron chi connectivity index (χ0n) is 13.5. The second-order valence-corrected chi connectivity index (χ2v) is 6.09. The third-order valence-electron chi connectivity index (χ3n) is 4.46. The van der Waals surface area contributed by atoms with Gasteiger partial charge in [0.25, 0.3) is 5.56 Å². The lowest BCUT2D eigenvalue weighted by molar-refractivity contribution is 1.06. The van der Waals surface area contributed by atoms with Crippen LogP contribution >= 0.6 is 0 Å². The molecule has 0 aliphatic rings. The van der Waals surface area contributed by atoms with Gasteiger partial charge in [0.15, 0.2) is 5.65 Å². The van der Waals surface area contributed by atoms with Gasteiger partial charge in [0, 0.05) is 11.9 Å². The van der Waals surface area contributed by atoms with Gasteiger partial charge in [-0.3, -0.25) is 13.8 Å². The van der Waals surface area contributed by atoms with Gasteiger partial charge in [0.05, 0.1) is 16.4 Å². The maximum Gasteiger partial charge on any atom is 0.282 e. The molecule has 0 saturated heterocycles.